The van der Waals surface area contributed by atoms with Gasteiger partial charge in [0.1, 0.15) is 10.6 Å². The Morgan fingerprint density at radius 1 is 1.39 bits per heavy atom. The highest BCUT2D eigenvalue weighted by Gasteiger charge is 2.24. The maximum Gasteiger partial charge on any atom is 0.358 e. The first-order chi connectivity index (χ1) is 8.46. The van der Waals surface area contributed by atoms with E-state index < -0.39 is 15.8 Å². The summed E-state index contributed by atoms with van der Waals surface area (Å²) in [4.78, 5) is 25.7. The van der Waals surface area contributed by atoms with Crippen molar-refractivity contribution in [2.75, 3.05) is 12.4 Å². The number of aromatic nitrogens is 1. The summed E-state index contributed by atoms with van der Waals surface area (Å²) in [6.07, 6.45) is 0.436. The lowest BCUT2D eigenvalue weighted by atomic mass is 10.3. The van der Waals surface area contributed by atoms with Gasteiger partial charge in [-0.3, -0.25) is 4.79 Å². The third-order valence-corrected chi connectivity index (χ3v) is 3.94. The second-order valence-corrected chi connectivity index (χ2v) is 5.57. The number of rotatable bonds is 5. The molecule has 0 aliphatic rings. The van der Waals surface area contributed by atoms with E-state index in [9.17, 15) is 18.0 Å². The van der Waals surface area contributed by atoms with Crippen molar-refractivity contribution in [2.24, 2.45) is 0 Å². The Morgan fingerprint density at radius 3 is 2.56 bits per heavy atom. The fourth-order valence-electron chi connectivity index (χ4n) is 1.28. The average Bonchev–Trinajstić information content (AvgIpc) is 2.38. The van der Waals surface area contributed by atoms with Gasteiger partial charge in [-0.05, 0) is 19.1 Å². The van der Waals surface area contributed by atoms with Crippen molar-refractivity contribution in [3.8, 4) is 0 Å². The molecule has 1 aromatic rings. The molecular weight excluding hydrogens is 258 g/mol. The van der Waals surface area contributed by atoms with Gasteiger partial charge < -0.3 is 4.74 Å². The molecule has 0 N–H and O–H groups in total. The minimum atomic E-state index is -3.60. The zero-order valence-corrected chi connectivity index (χ0v) is 10.9. The van der Waals surface area contributed by atoms with Crippen LogP contribution in [0, 0.1) is 0 Å². The van der Waals surface area contributed by atoms with Crippen LogP contribution in [0.3, 0.4) is 0 Å². The van der Waals surface area contributed by atoms with E-state index in [1.807, 2.05) is 0 Å². The predicted molar refractivity (Wildman–Crippen MR) is 63.3 cm³/mol. The van der Waals surface area contributed by atoms with E-state index in [-0.39, 0.29) is 28.6 Å². The Kier molecular flexibility index (Phi) is 4.55. The van der Waals surface area contributed by atoms with E-state index in [0.29, 0.717) is 6.29 Å². The summed E-state index contributed by atoms with van der Waals surface area (Å²) in [5.74, 6) is -1.02. The molecule has 7 heteroatoms. The Labute approximate surface area is 105 Å². The first-order valence-corrected chi connectivity index (χ1v) is 6.97. The van der Waals surface area contributed by atoms with Crippen LogP contribution in [0.4, 0.5) is 0 Å². The quantitative estimate of drug-likeness (QED) is 0.583. The summed E-state index contributed by atoms with van der Waals surface area (Å²) in [6, 6.07) is 2.44. The molecule has 0 spiro atoms. The number of sulfone groups is 1. The second-order valence-electron chi connectivity index (χ2n) is 3.32. The lowest BCUT2D eigenvalue weighted by molar-refractivity contribution is 0.0514. The zero-order chi connectivity index (χ0) is 13.8. The van der Waals surface area contributed by atoms with E-state index in [1.54, 1.807) is 6.92 Å². The lowest BCUT2D eigenvalue weighted by Crippen LogP contribution is -2.16. The molecule has 0 aliphatic carbocycles. The summed E-state index contributed by atoms with van der Waals surface area (Å²) in [5.41, 5.74) is -0.364. The number of hydrogen-bond donors (Lipinski definition) is 0. The zero-order valence-electron chi connectivity index (χ0n) is 10.0. The van der Waals surface area contributed by atoms with Crippen LogP contribution in [-0.4, -0.2) is 38.0 Å². The lowest BCUT2D eigenvalue weighted by Gasteiger charge is -2.08. The molecule has 1 rings (SSSR count). The highest BCUT2D eigenvalue weighted by atomic mass is 32.2. The molecule has 18 heavy (non-hydrogen) atoms. The number of esters is 1. The third kappa shape index (κ3) is 2.92. The minimum absolute atomic E-state index is 0.0203. The van der Waals surface area contributed by atoms with Crippen molar-refractivity contribution in [1.29, 1.82) is 0 Å². The topological polar surface area (TPSA) is 90.4 Å². The third-order valence-electron chi connectivity index (χ3n) is 2.18. The number of pyridine rings is 1. The van der Waals surface area contributed by atoms with Gasteiger partial charge >= 0.3 is 5.97 Å². The molecule has 0 atom stereocenters. The van der Waals surface area contributed by atoms with Gasteiger partial charge in [0.25, 0.3) is 0 Å². The smallest absolute Gasteiger partial charge is 0.358 e. The highest BCUT2D eigenvalue weighted by Crippen LogP contribution is 2.17. The number of carbonyl (C=O) groups is 2. The van der Waals surface area contributed by atoms with Crippen LogP contribution >= 0.6 is 0 Å². The van der Waals surface area contributed by atoms with Crippen LogP contribution in [0.5, 0.6) is 0 Å². The molecule has 0 radical (unpaired) electrons. The van der Waals surface area contributed by atoms with Crippen molar-refractivity contribution in [3.05, 3.63) is 23.5 Å². The molecule has 6 nitrogen and oxygen atoms in total. The van der Waals surface area contributed by atoms with E-state index in [4.69, 9.17) is 4.74 Å². The van der Waals surface area contributed by atoms with Crippen molar-refractivity contribution in [3.63, 3.8) is 0 Å². The molecule has 0 aliphatic heterocycles. The van der Waals surface area contributed by atoms with Gasteiger partial charge in [-0.1, -0.05) is 6.92 Å². The molecule has 1 aromatic heterocycles. The number of nitrogens with zero attached hydrogens (tertiary/aromatic N) is 1. The largest absolute Gasteiger partial charge is 0.461 e. The number of ether oxygens (including phenoxy) is 1. The maximum absolute atomic E-state index is 11.8. The van der Waals surface area contributed by atoms with Crippen LogP contribution in [0.2, 0.25) is 0 Å². The van der Waals surface area contributed by atoms with Gasteiger partial charge in [0.05, 0.1) is 12.4 Å². The molecule has 0 unspecified atom stereocenters. The predicted octanol–water partition coefficient (Wildman–Crippen LogP) is 0.864. The molecule has 0 fully saturated rings. The summed E-state index contributed by atoms with van der Waals surface area (Å²) < 4.78 is 28.3. The summed E-state index contributed by atoms with van der Waals surface area (Å²) in [7, 11) is -3.60. The fraction of sp³-hybridized carbons (Fsp3) is 0.364. The Bertz CT molecular complexity index is 565. The standard InChI is InChI=1S/C11H13NO5S/c1-3-17-11(14)10-9(18(15,16)4-2)6-5-8(7-13)12-10/h5-7H,3-4H2,1-2H3. The van der Waals surface area contributed by atoms with Crippen LogP contribution in [0.1, 0.15) is 34.8 Å². The maximum atomic E-state index is 11.8. The van der Waals surface area contributed by atoms with E-state index in [1.165, 1.54) is 19.1 Å². The van der Waals surface area contributed by atoms with Crippen LogP contribution < -0.4 is 0 Å². The van der Waals surface area contributed by atoms with Gasteiger partial charge in [0.2, 0.25) is 0 Å². The first kappa shape index (κ1) is 14.3. The summed E-state index contributed by atoms with van der Waals surface area (Å²) in [6.45, 7) is 3.14. The number of hydrogen-bond acceptors (Lipinski definition) is 6. The summed E-state index contributed by atoms with van der Waals surface area (Å²) in [5, 5.41) is 0. The van der Waals surface area contributed by atoms with Gasteiger partial charge in [-0.15, -0.1) is 0 Å². The molecule has 0 amide bonds. The first-order valence-electron chi connectivity index (χ1n) is 5.32. The molecule has 0 saturated heterocycles. The molecule has 0 saturated carbocycles. The fourth-order valence-corrected chi connectivity index (χ4v) is 2.29. The SMILES string of the molecule is CCOC(=O)c1nc(C=O)ccc1S(=O)(=O)CC. The van der Waals surface area contributed by atoms with Crippen molar-refractivity contribution >= 4 is 22.1 Å². The van der Waals surface area contributed by atoms with E-state index in [0.717, 1.165) is 0 Å². The van der Waals surface area contributed by atoms with Gasteiger partial charge in [-0.25, -0.2) is 18.2 Å². The second kappa shape index (κ2) is 5.72. The monoisotopic (exact) mass is 271 g/mol. The van der Waals surface area contributed by atoms with E-state index in [2.05, 4.69) is 4.98 Å². The number of carbonyl (C=O) groups excluding carboxylic acids is 2. The normalized spacial score (nSPS) is 11.0. The highest BCUT2D eigenvalue weighted by molar-refractivity contribution is 7.91. The van der Waals surface area contributed by atoms with Crippen LogP contribution in [0.15, 0.2) is 17.0 Å². The van der Waals surface area contributed by atoms with Crippen molar-refractivity contribution in [2.45, 2.75) is 18.7 Å². The average molecular weight is 271 g/mol. The van der Waals surface area contributed by atoms with Gasteiger partial charge in [0, 0.05) is 0 Å². The number of aldehydes is 1. The Balaban J connectivity index is 3.43. The van der Waals surface area contributed by atoms with Crippen molar-refractivity contribution < 1.29 is 22.7 Å². The van der Waals surface area contributed by atoms with Gasteiger partial charge in [-0.2, -0.15) is 0 Å². The Hall–Kier alpha value is -1.76. The van der Waals surface area contributed by atoms with E-state index >= 15 is 0 Å². The molecule has 98 valence electrons. The van der Waals surface area contributed by atoms with Gasteiger partial charge in [0.15, 0.2) is 21.8 Å². The molecular formula is C11H13NO5S. The van der Waals surface area contributed by atoms with Crippen LogP contribution in [-0.2, 0) is 14.6 Å². The molecule has 0 aromatic carbocycles. The summed E-state index contributed by atoms with van der Waals surface area (Å²) >= 11 is 0. The molecule has 1 heterocycles. The van der Waals surface area contributed by atoms with Crippen LogP contribution in [0.25, 0.3) is 0 Å². The molecule has 0 bridgehead atoms. The minimum Gasteiger partial charge on any atom is -0.461 e. The van der Waals surface area contributed by atoms with Crippen molar-refractivity contribution in [1.82, 2.24) is 4.98 Å². The Morgan fingerprint density at radius 2 is 2.06 bits per heavy atom.